The minimum absolute atomic E-state index is 0.180. The molecule has 0 heterocycles. The fourth-order valence-electron chi connectivity index (χ4n) is 2.33. The molecule has 5 nitrogen and oxygen atoms in total. The third-order valence-electron chi connectivity index (χ3n) is 3.82. The zero-order valence-corrected chi connectivity index (χ0v) is 14.9. The van der Waals surface area contributed by atoms with E-state index in [-0.39, 0.29) is 19.0 Å². The van der Waals surface area contributed by atoms with Crippen LogP contribution in [0.5, 0.6) is 0 Å². The van der Waals surface area contributed by atoms with E-state index in [4.69, 9.17) is 0 Å². The molecule has 0 atom stereocenters. The van der Waals surface area contributed by atoms with Crippen LogP contribution in [0.2, 0.25) is 0 Å². The van der Waals surface area contributed by atoms with E-state index < -0.39 is 10.0 Å². The van der Waals surface area contributed by atoms with Crippen LogP contribution in [0.3, 0.4) is 0 Å². The van der Waals surface area contributed by atoms with Crippen molar-refractivity contribution in [2.75, 3.05) is 23.7 Å². The summed E-state index contributed by atoms with van der Waals surface area (Å²) in [6.45, 7) is 4.33. The minimum Gasteiger partial charge on any atom is -0.350 e. The SMILES string of the molecule is Cc1ccc(N(CCNC(=O)c2ccccc2)S(C)(=O)=O)cc1C. The van der Waals surface area contributed by atoms with Gasteiger partial charge in [0.15, 0.2) is 0 Å². The van der Waals surface area contributed by atoms with Crippen LogP contribution in [0.1, 0.15) is 21.5 Å². The van der Waals surface area contributed by atoms with Gasteiger partial charge in [0.05, 0.1) is 18.5 Å². The molecule has 0 aliphatic heterocycles. The number of amides is 1. The van der Waals surface area contributed by atoms with Crippen LogP contribution in [0.4, 0.5) is 5.69 Å². The number of anilines is 1. The van der Waals surface area contributed by atoms with Crippen LogP contribution in [0.15, 0.2) is 48.5 Å². The standard InChI is InChI=1S/C18H22N2O3S/c1-14-9-10-17(13-15(14)2)20(24(3,22)23)12-11-19-18(21)16-7-5-4-6-8-16/h4-10,13H,11-12H2,1-3H3,(H,19,21). The van der Waals surface area contributed by atoms with Gasteiger partial charge in [-0.1, -0.05) is 24.3 Å². The molecule has 0 radical (unpaired) electrons. The van der Waals surface area contributed by atoms with Crippen molar-refractivity contribution in [1.82, 2.24) is 5.32 Å². The van der Waals surface area contributed by atoms with E-state index in [0.29, 0.717) is 11.3 Å². The molecule has 2 aromatic carbocycles. The lowest BCUT2D eigenvalue weighted by Gasteiger charge is -2.23. The van der Waals surface area contributed by atoms with Gasteiger partial charge < -0.3 is 5.32 Å². The second kappa shape index (κ2) is 7.49. The summed E-state index contributed by atoms with van der Waals surface area (Å²) in [5.74, 6) is -0.218. The van der Waals surface area contributed by atoms with Crippen molar-refractivity contribution in [2.24, 2.45) is 0 Å². The molecule has 0 aliphatic rings. The Morgan fingerprint density at radius 1 is 1.04 bits per heavy atom. The van der Waals surface area contributed by atoms with Crippen molar-refractivity contribution in [3.8, 4) is 0 Å². The molecule has 2 rings (SSSR count). The second-order valence-corrected chi connectivity index (χ2v) is 7.63. The zero-order chi connectivity index (χ0) is 17.7. The molecule has 2 aromatic rings. The number of benzene rings is 2. The fourth-order valence-corrected chi connectivity index (χ4v) is 3.25. The third kappa shape index (κ3) is 4.58. The van der Waals surface area contributed by atoms with Crippen LogP contribution in [0, 0.1) is 13.8 Å². The maximum atomic E-state index is 12.1. The Balaban J connectivity index is 2.08. The lowest BCUT2D eigenvalue weighted by atomic mass is 10.1. The number of nitrogens with one attached hydrogen (secondary N) is 1. The van der Waals surface area contributed by atoms with E-state index in [1.807, 2.05) is 32.0 Å². The van der Waals surface area contributed by atoms with Crippen molar-refractivity contribution in [3.05, 3.63) is 65.2 Å². The monoisotopic (exact) mass is 346 g/mol. The van der Waals surface area contributed by atoms with Crippen LogP contribution in [-0.2, 0) is 10.0 Å². The Kier molecular flexibility index (Phi) is 5.62. The highest BCUT2D eigenvalue weighted by Gasteiger charge is 2.18. The van der Waals surface area contributed by atoms with Crippen LogP contribution in [-0.4, -0.2) is 33.7 Å². The van der Waals surface area contributed by atoms with Gasteiger partial charge in [-0.25, -0.2) is 8.42 Å². The van der Waals surface area contributed by atoms with Crippen LogP contribution >= 0.6 is 0 Å². The van der Waals surface area contributed by atoms with Gasteiger partial charge in [-0.2, -0.15) is 0 Å². The highest BCUT2D eigenvalue weighted by Crippen LogP contribution is 2.20. The highest BCUT2D eigenvalue weighted by atomic mass is 32.2. The molecule has 0 bridgehead atoms. The molecule has 0 unspecified atom stereocenters. The van der Waals surface area contributed by atoms with Gasteiger partial charge in [0.2, 0.25) is 10.0 Å². The Morgan fingerprint density at radius 2 is 1.71 bits per heavy atom. The van der Waals surface area contributed by atoms with E-state index in [9.17, 15) is 13.2 Å². The summed E-state index contributed by atoms with van der Waals surface area (Å²) in [6.07, 6.45) is 1.17. The number of aryl methyl sites for hydroxylation is 2. The molecule has 0 aromatic heterocycles. The summed E-state index contributed by atoms with van der Waals surface area (Å²) in [4.78, 5) is 12.0. The molecule has 128 valence electrons. The third-order valence-corrected chi connectivity index (χ3v) is 5.01. The number of hydrogen-bond donors (Lipinski definition) is 1. The van der Waals surface area contributed by atoms with Crippen molar-refractivity contribution in [2.45, 2.75) is 13.8 Å². The first-order valence-corrected chi connectivity index (χ1v) is 9.52. The molecular weight excluding hydrogens is 324 g/mol. The molecule has 0 aliphatic carbocycles. The molecule has 1 amide bonds. The summed E-state index contributed by atoms with van der Waals surface area (Å²) in [5.41, 5.74) is 3.28. The summed E-state index contributed by atoms with van der Waals surface area (Å²) >= 11 is 0. The topological polar surface area (TPSA) is 66.5 Å². The summed E-state index contributed by atoms with van der Waals surface area (Å²) in [5, 5.41) is 2.75. The number of sulfonamides is 1. The van der Waals surface area contributed by atoms with E-state index in [1.165, 1.54) is 10.6 Å². The first kappa shape index (κ1) is 18.0. The number of carbonyl (C=O) groups is 1. The van der Waals surface area contributed by atoms with Gasteiger partial charge >= 0.3 is 0 Å². The Hall–Kier alpha value is -2.34. The lowest BCUT2D eigenvalue weighted by Crippen LogP contribution is -2.38. The maximum Gasteiger partial charge on any atom is 0.251 e. The van der Waals surface area contributed by atoms with E-state index in [0.717, 1.165) is 11.1 Å². The highest BCUT2D eigenvalue weighted by molar-refractivity contribution is 7.92. The Bertz CT molecular complexity index is 817. The quantitative estimate of drug-likeness (QED) is 0.874. The van der Waals surface area contributed by atoms with Gasteiger partial charge in [0, 0.05) is 12.1 Å². The first-order valence-electron chi connectivity index (χ1n) is 7.67. The number of nitrogens with zero attached hydrogens (tertiary/aromatic N) is 1. The minimum atomic E-state index is -3.43. The second-order valence-electron chi connectivity index (χ2n) is 5.73. The van der Waals surface area contributed by atoms with Crippen molar-refractivity contribution < 1.29 is 13.2 Å². The Morgan fingerprint density at radius 3 is 2.29 bits per heavy atom. The van der Waals surface area contributed by atoms with Crippen LogP contribution in [0.25, 0.3) is 0 Å². The van der Waals surface area contributed by atoms with Gasteiger partial charge in [0.25, 0.3) is 5.91 Å². The summed E-state index contributed by atoms with van der Waals surface area (Å²) < 4.78 is 25.5. The largest absolute Gasteiger partial charge is 0.350 e. The van der Waals surface area contributed by atoms with Crippen LogP contribution < -0.4 is 9.62 Å². The zero-order valence-electron chi connectivity index (χ0n) is 14.1. The summed E-state index contributed by atoms with van der Waals surface area (Å²) in [7, 11) is -3.43. The Labute approximate surface area is 143 Å². The van der Waals surface area contributed by atoms with Crippen molar-refractivity contribution in [1.29, 1.82) is 0 Å². The predicted octanol–water partition coefficient (Wildman–Crippen LogP) is 2.50. The average Bonchev–Trinajstić information content (AvgIpc) is 2.54. The summed E-state index contributed by atoms with van der Waals surface area (Å²) in [6, 6.07) is 14.4. The smallest absolute Gasteiger partial charge is 0.251 e. The molecule has 0 spiro atoms. The molecule has 1 N–H and O–H groups in total. The normalized spacial score (nSPS) is 11.1. The number of carbonyl (C=O) groups excluding carboxylic acids is 1. The van der Waals surface area contributed by atoms with Gasteiger partial charge in [-0.15, -0.1) is 0 Å². The molecule has 24 heavy (non-hydrogen) atoms. The molecule has 6 heteroatoms. The van der Waals surface area contributed by atoms with Gasteiger partial charge in [-0.3, -0.25) is 9.10 Å². The molecule has 0 saturated carbocycles. The van der Waals surface area contributed by atoms with Gasteiger partial charge in [-0.05, 0) is 49.2 Å². The average molecular weight is 346 g/mol. The first-order chi connectivity index (χ1) is 11.3. The molecule has 0 fully saturated rings. The number of hydrogen-bond acceptors (Lipinski definition) is 3. The van der Waals surface area contributed by atoms with Crippen molar-refractivity contribution in [3.63, 3.8) is 0 Å². The molecule has 0 saturated heterocycles. The van der Waals surface area contributed by atoms with Gasteiger partial charge in [0.1, 0.15) is 0 Å². The van der Waals surface area contributed by atoms with E-state index in [2.05, 4.69) is 5.32 Å². The maximum absolute atomic E-state index is 12.1. The lowest BCUT2D eigenvalue weighted by molar-refractivity contribution is 0.0955. The van der Waals surface area contributed by atoms with Crippen molar-refractivity contribution >= 4 is 21.6 Å². The van der Waals surface area contributed by atoms with E-state index >= 15 is 0 Å². The molecular formula is C18H22N2O3S. The predicted molar refractivity (Wildman–Crippen MR) is 96.9 cm³/mol. The fraction of sp³-hybridized carbons (Fsp3) is 0.278. The number of rotatable bonds is 6. The van der Waals surface area contributed by atoms with E-state index in [1.54, 1.807) is 30.3 Å².